The molecule has 0 heterocycles. The molecule has 0 spiro atoms. The number of amides is 2. The van der Waals surface area contributed by atoms with Crippen molar-refractivity contribution in [1.29, 1.82) is 0 Å². The van der Waals surface area contributed by atoms with Crippen LogP contribution in [-0.2, 0) is 9.59 Å². The Morgan fingerprint density at radius 3 is 2.42 bits per heavy atom. The van der Waals surface area contributed by atoms with Gasteiger partial charge < -0.3 is 15.4 Å². The van der Waals surface area contributed by atoms with E-state index in [1.165, 1.54) is 6.07 Å². The second-order valence-corrected chi connectivity index (χ2v) is 10.4. The second-order valence-electron chi connectivity index (χ2n) is 8.27. The molecule has 0 saturated carbocycles. The fourth-order valence-electron chi connectivity index (χ4n) is 3.83. The van der Waals surface area contributed by atoms with Crippen LogP contribution in [-0.4, -0.2) is 30.4 Å². The Hall–Kier alpha value is -1.65. The zero-order valence-corrected chi connectivity index (χ0v) is 21.7. The predicted molar refractivity (Wildman–Crippen MR) is 136 cm³/mol. The van der Waals surface area contributed by atoms with Gasteiger partial charge in [-0.05, 0) is 50.8 Å². The van der Waals surface area contributed by atoms with E-state index < -0.39 is 11.7 Å². The number of benzene rings is 1. The van der Waals surface area contributed by atoms with Crippen molar-refractivity contribution in [3.8, 4) is 5.75 Å². The summed E-state index contributed by atoms with van der Waals surface area (Å²) in [7, 11) is 0.600. The Labute approximate surface area is 204 Å². The van der Waals surface area contributed by atoms with E-state index >= 15 is 0 Å². The van der Waals surface area contributed by atoms with E-state index in [1.54, 1.807) is 0 Å². The summed E-state index contributed by atoms with van der Waals surface area (Å²) in [6.45, 7) is 6.85. The molecule has 0 aromatic heterocycles. The van der Waals surface area contributed by atoms with Crippen molar-refractivity contribution in [2.24, 2.45) is 0 Å². The minimum Gasteiger partial charge on any atom is -0.485 e. The maximum absolute atomic E-state index is 14.6. The molecule has 2 unspecified atom stereocenters. The third kappa shape index (κ3) is 8.57. The fraction of sp³-hybridized carbons (Fsp3) is 0.600. The molecule has 1 aliphatic rings. The van der Waals surface area contributed by atoms with E-state index in [0.717, 1.165) is 57.2 Å². The van der Waals surface area contributed by atoms with E-state index in [4.69, 9.17) is 16.3 Å². The predicted octanol–water partition coefficient (Wildman–Crippen LogP) is 6.80. The Bertz CT molecular complexity index is 847. The smallest absolute Gasteiger partial charge is 0.252 e. The highest BCUT2D eigenvalue weighted by molar-refractivity contribution is 7.38. The molecule has 1 aromatic rings. The molecule has 1 aromatic carbocycles. The summed E-state index contributed by atoms with van der Waals surface area (Å²) < 4.78 is 20.6. The number of carbonyl (C=O) groups excluding carboxylic acids is 2. The minimum absolute atomic E-state index is 0.00445. The maximum atomic E-state index is 14.6. The summed E-state index contributed by atoms with van der Waals surface area (Å²) in [5.74, 6) is -0.923. The summed E-state index contributed by atoms with van der Waals surface area (Å²) in [5.41, 5.74) is 0.949. The summed E-state index contributed by atoms with van der Waals surface area (Å²) >= 11 is 6.20. The molecule has 2 N–H and O–H groups in total. The molecule has 8 heteroatoms. The normalized spacial score (nSPS) is 15.1. The first-order valence-corrected chi connectivity index (χ1v) is 13.8. The van der Waals surface area contributed by atoms with Crippen molar-refractivity contribution in [2.45, 2.75) is 84.4 Å². The number of anilines is 1. The van der Waals surface area contributed by atoms with Gasteiger partial charge in [0.05, 0.1) is 10.7 Å². The molecule has 33 heavy (non-hydrogen) atoms. The van der Waals surface area contributed by atoms with Crippen molar-refractivity contribution in [3.05, 3.63) is 34.1 Å². The van der Waals surface area contributed by atoms with E-state index in [2.05, 4.69) is 24.5 Å². The molecule has 0 radical (unpaired) electrons. The largest absolute Gasteiger partial charge is 0.485 e. The van der Waals surface area contributed by atoms with Gasteiger partial charge in [-0.2, -0.15) is 0 Å². The fourth-order valence-corrected chi connectivity index (χ4v) is 4.98. The lowest BCUT2D eigenvalue weighted by molar-refractivity contribution is -0.119. The summed E-state index contributed by atoms with van der Waals surface area (Å²) in [6, 6.07) is 2.60. The highest BCUT2D eigenvalue weighted by Gasteiger charge is 2.25. The first kappa shape index (κ1) is 27.6. The van der Waals surface area contributed by atoms with Crippen molar-refractivity contribution in [2.75, 3.05) is 18.0 Å². The zero-order valence-electron chi connectivity index (χ0n) is 20.0. The summed E-state index contributed by atoms with van der Waals surface area (Å²) in [5, 5.41) is 5.76. The van der Waals surface area contributed by atoms with Gasteiger partial charge in [0.25, 0.3) is 5.91 Å². The van der Waals surface area contributed by atoms with Crippen LogP contribution in [0.15, 0.2) is 23.3 Å². The van der Waals surface area contributed by atoms with Crippen LogP contribution >= 0.6 is 20.2 Å². The quantitative estimate of drug-likeness (QED) is 0.232. The Balaban J connectivity index is 2.15. The van der Waals surface area contributed by atoms with Crippen molar-refractivity contribution in [3.63, 3.8) is 0 Å². The van der Waals surface area contributed by atoms with Crippen molar-refractivity contribution >= 4 is 37.7 Å². The van der Waals surface area contributed by atoms with Gasteiger partial charge in [0.2, 0.25) is 5.91 Å². The zero-order chi connectivity index (χ0) is 24.2. The van der Waals surface area contributed by atoms with Gasteiger partial charge in [0, 0.05) is 23.8 Å². The van der Waals surface area contributed by atoms with Crippen LogP contribution in [0.25, 0.3) is 0 Å². The molecule has 0 bridgehead atoms. The lowest BCUT2D eigenvalue weighted by Gasteiger charge is -2.21. The lowest BCUT2D eigenvalue weighted by Crippen LogP contribution is -2.30. The van der Waals surface area contributed by atoms with Crippen LogP contribution < -0.4 is 15.4 Å². The third-order valence-corrected chi connectivity index (χ3v) is 7.36. The topological polar surface area (TPSA) is 67.4 Å². The Morgan fingerprint density at radius 2 is 1.79 bits per heavy atom. The SMILES string of the molecule is CCCCCCNC(=O)C1=C(C(=O)Nc2cc(OC(CC)PCC)c(Cl)cc2F)CCCC1. The van der Waals surface area contributed by atoms with Crippen LogP contribution in [0, 0.1) is 5.82 Å². The number of unbranched alkanes of at least 4 members (excludes halogenated alkanes) is 3. The number of ether oxygens (including phenoxy) is 1. The van der Waals surface area contributed by atoms with Crippen LogP contribution in [0.2, 0.25) is 5.02 Å². The molecule has 0 fully saturated rings. The molecular formula is C25H37ClFN2O3P. The van der Waals surface area contributed by atoms with Gasteiger partial charge >= 0.3 is 0 Å². The van der Waals surface area contributed by atoms with Crippen molar-refractivity contribution in [1.82, 2.24) is 5.32 Å². The van der Waals surface area contributed by atoms with Gasteiger partial charge in [-0.15, -0.1) is 0 Å². The number of nitrogens with one attached hydrogen (secondary N) is 2. The third-order valence-electron chi connectivity index (χ3n) is 5.67. The first-order chi connectivity index (χ1) is 15.9. The van der Waals surface area contributed by atoms with Gasteiger partial charge in [-0.25, -0.2) is 4.39 Å². The first-order valence-electron chi connectivity index (χ1n) is 12.1. The molecule has 2 atom stereocenters. The van der Waals surface area contributed by atoms with Crippen molar-refractivity contribution < 1.29 is 18.7 Å². The summed E-state index contributed by atoms with van der Waals surface area (Å²) in [4.78, 5) is 25.8. The minimum atomic E-state index is -0.634. The Kier molecular flexibility index (Phi) is 12.2. The maximum Gasteiger partial charge on any atom is 0.252 e. The Morgan fingerprint density at radius 1 is 1.09 bits per heavy atom. The molecule has 184 valence electrons. The van der Waals surface area contributed by atoms with Gasteiger partial charge in [-0.1, -0.05) is 60.2 Å². The van der Waals surface area contributed by atoms with Gasteiger partial charge in [0.15, 0.2) is 0 Å². The van der Waals surface area contributed by atoms with Crippen LogP contribution in [0.1, 0.15) is 78.6 Å². The average Bonchev–Trinajstić information content (AvgIpc) is 2.81. The standard InChI is InChI=1S/C25H37ClFN2O3P/c1-4-7-8-11-14-28-24(30)17-12-9-10-13-18(17)25(31)29-21-16-22(19(26)15-20(21)27)32-23(5-2)33-6-3/h15-16,23,33H,4-14H2,1-3H3,(H,28,30)(H,29,31). The van der Waals surface area contributed by atoms with Crippen LogP contribution in [0.4, 0.5) is 10.1 Å². The second kappa shape index (κ2) is 14.6. The molecule has 2 rings (SSSR count). The number of rotatable bonds is 13. The molecule has 1 aliphatic carbocycles. The highest BCUT2D eigenvalue weighted by atomic mass is 35.5. The molecule has 0 saturated heterocycles. The average molecular weight is 499 g/mol. The van der Waals surface area contributed by atoms with Crippen LogP contribution in [0.3, 0.4) is 0 Å². The highest BCUT2D eigenvalue weighted by Crippen LogP contribution is 2.35. The molecule has 0 aliphatic heterocycles. The number of hydrogen-bond donors (Lipinski definition) is 2. The lowest BCUT2D eigenvalue weighted by atomic mass is 9.90. The summed E-state index contributed by atoms with van der Waals surface area (Å²) in [6.07, 6.45) is 8.80. The molecule has 5 nitrogen and oxygen atoms in total. The molecular weight excluding hydrogens is 462 g/mol. The van der Waals surface area contributed by atoms with Gasteiger partial charge in [0.1, 0.15) is 17.4 Å². The monoisotopic (exact) mass is 498 g/mol. The van der Waals surface area contributed by atoms with E-state index in [0.29, 0.717) is 44.9 Å². The van der Waals surface area contributed by atoms with Crippen LogP contribution in [0.5, 0.6) is 5.75 Å². The van der Waals surface area contributed by atoms with E-state index in [9.17, 15) is 14.0 Å². The number of halogens is 2. The number of hydrogen-bond acceptors (Lipinski definition) is 3. The van der Waals surface area contributed by atoms with E-state index in [1.807, 2.05) is 6.92 Å². The van der Waals surface area contributed by atoms with Gasteiger partial charge in [-0.3, -0.25) is 9.59 Å². The van der Waals surface area contributed by atoms with E-state index in [-0.39, 0.29) is 22.5 Å². The number of carbonyl (C=O) groups is 2. The molecule has 2 amide bonds.